The molecule has 4 fully saturated rings. The van der Waals surface area contributed by atoms with Crippen LogP contribution in [0.4, 0.5) is 46.5 Å². The van der Waals surface area contributed by atoms with Crippen molar-refractivity contribution in [2.45, 2.75) is 116 Å². The molecule has 14 rings (SSSR count). The Balaban J connectivity index is 0.000000260. The number of aliphatic hydroxyl groups excluding tert-OH is 4. The minimum absolute atomic E-state index is 0.0166. The average Bonchev–Trinajstić information content (AvgIpc) is 0.761. The lowest BCUT2D eigenvalue weighted by atomic mass is 9.84. The number of aliphatic hydroxyl groups is 4. The fraction of sp³-hybridized carbons (Fsp3) is 0.385. The van der Waals surface area contributed by atoms with Crippen molar-refractivity contribution in [1.82, 2.24) is 19.6 Å². The van der Waals surface area contributed by atoms with Gasteiger partial charge < -0.3 is 50.2 Å². The van der Waals surface area contributed by atoms with Crippen LogP contribution in [-0.4, -0.2) is 273 Å². The van der Waals surface area contributed by atoms with Crippen molar-refractivity contribution in [3.8, 4) is 22.3 Å². The molecule has 0 radical (unpaired) electrons. The van der Waals surface area contributed by atoms with E-state index in [1.807, 2.05) is 168 Å². The number of carbonyl (C=O) groups excluding carboxylic acids is 2. The van der Waals surface area contributed by atoms with Crippen molar-refractivity contribution < 1.29 is 119 Å². The predicted molar refractivity (Wildman–Crippen MR) is 544 cm³/mol. The van der Waals surface area contributed by atoms with Crippen LogP contribution in [0, 0.1) is 23.7 Å². The van der Waals surface area contributed by atoms with Crippen molar-refractivity contribution in [2.24, 2.45) is 23.7 Å². The smallest absolute Gasteiger partial charge is 0.483 e. The first-order valence-corrected chi connectivity index (χ1v) is 55.7. The summed E-state index contributed by atoms with van der Waals surface area (Å²) in [6.07, 6.45) is -0.0620. The summed E-state index contributed by atoms with van der Waals surface area (Å²) in [5, 5.41) is 57.5. The van der Waals surface area contributed by atoms with Crippen LogP contribution in [0.25, 0.3) is 22.3 Å². The van der Waals surface area contributed by atoms with E-state index in [2.05, 4.69) is 19.6 Å². The number of alkyl halides is 8. The first kappa shape index (κ1) is 115. The van der Waals surface area contributed by atoms with Gasteiger partial charge in [-0.25, -0.2) is 42.5 Å². The predicted octanol–water partition coefficient (Wildman–Crippen LogP) is 17.8. The van der Waals surface area contributed by atoms with Gasteiger partial charge in [0.15, 0.2) is 31.2 Å². The van der Waals surface area contributed by atoms with Crippen molar-refractivity contribution >= 4 is 122 Å². The molecule has 10 aromatic carbocycles. The second-order valence-electron chi connectivity index (χ2n) is 35.7. The third kappa shape index (κ3) is 32.2. The standard InChI is InChI=1S/2C51H56ClF4N3O7S3.2CH2O2/c2*52-41-15-10-37(11-16-41)46-8-4-5-9-47(46)50(62)39-21-24-59(25-22-39)42-17-12-38(13-18-42)48(61)35-68(63,64)45-19-14-40(49(31-45)69(65,66)51(54,55)56)30-36(34-67-44-6-2-1-3-7-44)20-23-57-26-28-58(29-27-57)33-43(60)32-53;2*2-1-3/h2*1-19,31,36,39,43,50,60,62H,20-30,32-35H2;2*1H,(H,2,3)/t36-,43+,50+;36-,43-,50+;;/m00../s1. The molecule has 144 heavy (non-hydrogen) atoms. The highest BCUT2D eigenvalue weighted by molar-refractivity contribution is 7.99. The zero-order chi connectivity index (χ0) is 104. The number of halogens is 10. The molecule has 0 aromatic heterocycles. The van der Waals surface area contributed by atoms with Gasteiger partial charge in [-0.05, 0) is 254 Å². The maximum Gasteiger partial charge on any atom is 0.501 e. The van der Waals surface area contributed by atoms with E-state index in [4.69, 9.17) is 43.0 Å². The number of rotatable bonds is 40. The third-order valence-electron chi connectivity index (χ3n) is 26.0. The van der Waals surface area contributed by atoms with Crippen LogP contribution in [0.1, 0.15) is 93.7 Å². The summed E-state index contributed by atoms with van der Waals surface area (Å²) in [4.78, 5) is 54.2. The van der Waals surface area contributed by atoms with Crippen molar-refractivity contribution in [3.63, 3.8) is 0 Å². The van der Waals surface area contributed by atoms with E-state index in [1.54, 1.807) is 24.3 Å². The van der Waals surface area contributed by atoms with Crippen molar-refractivity contribution in [1.29, 1.82) is 0 Å². The van der Waals surface area contributed by atoms with E-state index in [0.29, 0.717) is 164 Å². The van der Waals surface area contributed by atoms with Gasteiger partial charge in [0.25, 0.3) is 32.6 Å². The van der Waals surface area contributed by atoms with Gasteiger partial charge in [0.2, 0.25) is 0 Å². The lowest BCUT2D eigenvalue weighted by molar-refractivity contribution is -0.123. The van der Waals surface area contributed by atoms with Crippen LogP contribution in [-0.2, 0) is 61.8 Å². The molecule has 0 aliphatic carbocycles. The van der Waals surface area contributed by atoms with E-state index in [-0.39, 0.29) is 84.8 Å². The number of β-amino-alcohol motifs (C(OH)–C–C–N with tert-alkyl or cyclic N) is 2. The number of anilines is 2. The molecule has 0 unspecified atom stereocenters. The summed E-state index contributed by atoms with van der Waals surface area (Å²) >= 11 is 15.2. The summed E-state index contributed by atoms with van der Waals surface area (Å²) in [6.45, 7) is 6.64. The largest absolute Gasteiger partial charge is 0.501 e. The van der Waals surface area contributed by atoms with Gasteiger partial charge in [-0.15, -0.1) is 23.5 Å². The molecule has 4 heterocycles. The molecule has 776 valence electrons. The molecule has 6 N–H and O–H groups in total. The maximum atomic E-state index is 14.3. The Morgan fingerprint density at radius 1 is 0.403 bits per heavy atom. The normalized spacial score (nSPS) is 16.6. The van der Waals surface area contributed by atoms with Gasteiger partial charge in [0, 0.05) is 145 Å². The van der Waals surface area contributed by atoms with Crippen LogP contribution < -0.4 is 9.80 Å². The molecule has 4 saturated heterocycles. The molecule has 0 spiro atoms. The van der Waals surface area contributed by atoms with E-state index in [9.17, 15) is 98.8 Å². The number of sulfone groups is 4. The lowest BCUT2D eigenvalue weighted by Gasteiger charge is -2.36. The number of carbonyl (C=O) groups is 4. The molecule has 0 amide bonds. The molecule has 40 heteroatoms. The van der Waals surface area contributed by atoms with E-state index in [0.717, 1.165) is 78.8 Å². The lowest BCUT2D eigenvalue weighted by Crippen LogP contribution is -2.49. The highest BCUT2D eigenvalue weighted by Gasteiger charge is 2.50. The highest BCUT2D eigenvalue weighted by Crippen LogP contribution is 2.44. The zero-order valence-electron chi connectivity index (χ0n) is 78.6. The summed E-state index contributed by atoms with van der Waals surface area (Å²) in [5.74, 6) is -3.69. The second-order valence-corrected chi connectivity index (χ2v) is 46.6. The van der Waals surface area contributed by atoms with Gasteiger partial charge in [0.1, 0.15) is 24.9 Å². The minimum atomic E-state index is -6.03. The number of piperidine rings is 2. The highest BCUT2D eigenvalue weighted by atomic mass is 35.5. The van der Waals surface area contributed by atoms with E-state index < -0.39 is 131 Å². The topological polar surface area (TPSA) is 346 Å². The second kappa shape index (κ2) is 53.8. The van der Waals surface area contributed by atoms with Crippen LogP contribution in [0.2, 0.25) is 10.0 Å². The molecule has 24 nitrogen and oxygen atoms in total. The molecule has 4 aliphatic rings. The summed E-state index contributed by atoms with van der Waals surface area (Å²) in [7, 11) is -21.3. The zero-order valence-corrected chi connectivity index (χ0v) is 85.0. The first-order valence-electron chi connectivity index (χ1n) is 46.7. The number of nitrogens with zero attached hydrogens (tertiary/aromatic N) is 6. The maximum absolute atomic E-state index is 14.3. The van der Waals surface area contributed by atoms with Crippen molar-refractivity contribution in [3.05, 3.63) is 286 Å². The Bertz CT molecular complexity index is 5940. The minimum Gasteiger partial charge on any atom is -0.483 e. The summed E-state index contributed by atoms with van der Waals surface area (Å²) in [6, 6.07) is 67.3. The number of carboxylic acid groups (broad SMARTS) is 2. The fourth-order valence-electron chi connectivity index (χ4n) is 18.1. The van der Waals surface area contributed by atoms with Gasteiger partial charge in [0.05, 0.1) is 44.0 Å². The quantitative estimate of drug-likeness (QED) is 0.00899. The number of hydrogen-bond acceptors (Lipinski definition) is 24. The molecule has 10 aromatic rings. The van der Waals surface area contributed by atoms with Crippen LogP contribution in [0.5, 0.6) is 0 Å². The monoisotopic (exact) mass is 2150 g/mol. The molecular weight excluding hydrogens is 2040 g/mol. The number of Topliss-reactive ketones (excluding diaryl/α,β-unsaturated/α-hetero) is 2. The summed E-state index contributed by atoms with van der Waals surface area (Å²) < 4.78 is 219. The third-order valence-corrected chi connectivity index (χ3v) is 35.3. The van der Waals surface area contributed by atoms with Gasteiger partial charge >= 0.3 is 11.0 Å². The number of hydrogen-bond donors (Lipinski definition) is 6. The Labute approximate surface area is 853 Å². The molecule has 4 aliphatic heterocycles. The van der Waals surface area contributed by atoms with E-state index in [1.165, 1.54) is 47.8 Å². The van der Waals surface area contributed by atoms with Crippen LogP contribution in [0.3, 0.4) is 0 Å². The molecular formula is C104H116Cl2F8N6O18S6. The van der Waals surface area contributed by atoms with Gasteiger partial charge in [-0.3, -0.25) is 29.0 Å². The Morgan fingerprint density at radius 3 is 1.02 bits per heavy atom. The Hall–Kier alpha value is -9.72. The number of benzene rings is 10. The first-order chi connectivity index (χ1) is 68.7. The molecule has 0 saturated carbocycles. The average molecular weight is 2150 g/mol. The van der Waals surface area contributed by atoms with E-state index >= 15 is 0 Å². The summed E-state index contributed by atoms with van der Waals surface area (Å²) in [5.41, 5.74) is -4.72. The van der Waals surface area contributed by atoms with Crippen LogP contribution >= 0.6 is 46.7 Å². The molecule has 0 bridgehead atoms. The number of piperazine rings is 2. The Kier molecular flexibility index (Phi) is 42.8. The van der Waals surface area contributed by atoms with Gasteiger partial charge in [-0.2, -0.15) is 26.3 Å². The SMILES string of the molecule is O=C(CS(=O)(=O)c1ccc(C[C@H](CCN2CCN(C[C@@H](O)CF)CC2)CSc2ccccc2)c(S(=O)(=O)C(F)(F)F)c1)c1ccc(N2CCC([C@@H](O)c3ccccc3-c3ccc(Cl)cc3)CC2)cc1.O=C(CS(=O)(=O)c1ccc(C[C@H](CCN2CCN(C[C@H](O)CF)CC2)CSc2ccccc2)c(S(=O)(=O)C(F)(F)F)c1)c1ccc(N2CCC([C@@H](O)c3ccccc3-c3ccc(Cl)cc3)CC2)cc1.O=CO.O=CO. The van der Waals surface area contributed by atoms with Crippen LogP contribution in [0.15, 0.2) is 272 Å². The fourth-order valence-corrected chi connectivity index (χ4v) is 25.2. The van der Waals surface area contributed by atoms with Gasteiger partial charge in [-0.1, -0.05) is 145 Å². The number of thioether (sulfide) groups is 2. The Morgan fingerprint density at radius 2 is 0.708 bits per heavy atom. The number of ketones is 2. The molecule has 6 atom stereocenters. The van der Waals surface area contributed by atoms with Crippen molar-refractivity contribution in [2.75, 3.05) is 151 Å².